The molecule has 2 aromatic carbocycles. The number of carbonyl (C=O) groups is 1. The first-order chi connectivity index (χ1) is 16.5. The summed E-state index contributed by atoms with van der Waals surface area (Å²) in [7, 11) is 0. The van der Waals surface area contributed by atoms with Gasteiger partial charge in [0.1, 0.15) is 11.4 Å². The van der Waals surface area contributed by atoms with E-state index >= 15 is 0 Å². The minimum Gasteiger partial charge on any atom is -0.335 e. The average molecular weight is 460 g/mol. The number of aromatic amines is 1. The van der Waals surface area contributed by atoms with Gasteiger partial charge in [-0.15, -0.1) is 0 Å². The molecule has 0 bridgehead atoms. The van der Waals surface area contributed by atoms with Gasteiger partial charge in [-0.2, -0.15) is 10.4 Å². The van der Waals surface area contributed by atoms with Crippen molar-refractivity contribution in [3.05, 3.63) is 75.5 Å². The lowest BCUT2D eigenvalue weighted by atomic mass is 9.95. The Kier molecular flexibility index (Phi) is 5.88. The fraction of sp³-hybridized carbons (Fsp3) is 0.385. The number of hydrogen-bond donors (Lipinski definition) is 2. The zero-order chi connectivity index (χ0) is 23.7. The van der Waals surface area contributed by atoms with Crippen LogP contribution in [0.15, 0.2) is 47.3 Å². The number of nitrogens with zero attached hydrogens (tertiary/aromatic N) is 3. The molecule has 1 aliphatic carbocycles. The number of aromatic nitrogens is 2. The molecular formula is C26H26FN5O2. The number of likely N-dealkylation sites (tertiary alicyclic amines) is 1. The number of hydrogen-bond acceptors (Lipinski definition) is 5. The molecule has 7 nitrogen and oxygen atoms in total. The standard InChI is InChI=1S/C26H26FN5O2/c27-22-9-7-17(8-10-23-19-5-1-2-6-20(19)24(33)31-30-23)13-21(22)25(34)32-14-18(15-32)29-26(16-28)11-3-4-12-26/h1-2,5-7,9,13,18,29H,3-4,8,10-12,14-15H2,(H,31,33). The van der Waals surface area contributed by atoms with Crippen LogP contribution in [0.25, 0.3) is 10.8 Å². The van der Waals surface area contributed by atoms with E-state index in [0.717, 1.165) is 42.3 Å². The maximum absolute atomic E-state index is 14.5. The third-order valence-corrected chi connectivity index (χ3v) is 7.01. The third kappa shape index (κ3) is 4.19. The summed E-state index contributed by atoms with van der Waals surface area (Å²) in [5.74, 6) is -0.871. The smallest absolute Gasteiger partial charge is 0.272 e. The van der Waals surface area contributed by atoms with Crippen LogP contribution in [0.2, 0.25) is 0 Å². The molecule has 1 amide bonds. The van der Waals surface area contributed by atoms with E-state index in [1.807, 2.05) is 18.2 Å². The SMILES string of the molecule is N#CC1(NC2CN(C(=O)c3cc(CCc4n[nH]c(=O)c5ccccc45)ccc3F)C2)CCCC1. The Morgan fingerprint density at radius 2 is 1.91 bits per heavy atom. The lowest BCUT2D eigenvalue weighted by Crippen LogP contribution is -2.64. The molecule has 0 spiro atoms. The van der Waals surface area contributed by atoms with Crippen molar-refractivity contribution in [3.8, 4) is 6.07 Å². The van der Waals surface area contributed by atoms with Gasteiger partial charge in [0, 0.05) is 24.5 Å². The van der Waals surface area contributed by atoms with Crippen molar-refractivity contribution in [1.82, 2.24) is 20.4 Å². The van der Waals surface area contributed by atoms with Gasteiger partial charge in [-0.3, -0.25) is 14.9 Å². The van der Waals surface area contributed by atoms with Crippen LogP contribution in [-0.2, 0) is 12.8 Å². The van der Waals surface area contributed by atoms with Crippen molar-refractivity contribution < 1.29 is 9.18 Å². The van der Waals surface area contributed by atoms with Crippen LogP contribution in [0.1, 0.15) is 47.3 Å². The van der Waals surface area contributed by atoms with Crippen molar-refractivity contribution >= 4 is 16.7 Å². The molecule has 0 radical (unpaired) electrons. The van der Waals surface area contributed by atoms with Crippen LogP contribution in [0.5, 0.6) is 0 Å². The van der Waals surface area contributed by atoms with E-state index in [2.05, 4.69) is 21.6 Å². The Bertz CT molecular complexity index is 1330. The minimum absolute atomic E-state index is 0.0612. The molecule has 0 atom stereocenters. The second kappa shape index (κ2) is 8.99. The number of nitriles is 1. The quantitative estimate of drug-likeness (QED) is 0.590. The zero-order valence-corrected chi connectivity index (χ0v) is 18.8. The predicted octanol–water partition coefficient (Wildman–Crippen LogP) is 3.10. The lowest BCUT2D eigenvalue weighted by molar-refractivity contribution is 0.0530. The molecule has 0 unspecified atom stereocenters. The number of amides is 1. The van der Waals surface area contributed by atoms with E-state index in [1.165, 1.54) is 6.07 Å². The maximum Gasteiger partial charge on any atom is 0.272 e. The number of benzene rings is 2. The van der Waals surface area contributed by atoms with E-state index in [1.54, 1.807) is 23.1 Å². The topological polar surface area (TPSA) is 102 Å². The maximum atomic E-state index is 14.5. The number of nitrogens with one attached hydrogen (secondary N) is 2. The second-order valence-corrected chi connectivity index (χ2v) is 9.31. The van der Waals surface area contributed by atoms with E-state index in [4.69, 9.17) is 0 Å². The Morgan fingerprint density at radius 3 is 2.65 bits per heavy atom. The summed E-state index contributed by atoms with van der Waals surface area (Å²) in [6.07, 6.45) is 4.85. The molecule has 1 saturated carbocycles. The van der Waals surface area contributed by atoms with Gasteiger partial charge in [0.25, 0.3) is 11.5 Å². The summed E-state index contributed by atoms with van der Waals surface area (Å²) in [5.41, 5.74) is 0.926. The molecule has 8 heteroatoms. The summed E-state index contributed by atoms with van der Waals surface area (Å²) in [6, 6.07) is 14.4. The van der Waals surface area contributed by atoms with Crippen molar-refractivity contribution in [2.75, 3.05) is 13.1 Å². The first-order valence-corrected chi connectivity index (χ1v) is 11.7. The van der Waals surface area contributed by atoms with Gasteiger partial charge < -0.3 is 4.90 Å². The highest BCUT2D eigenvalue weighted by molar-refractivity contribution is 5.95. The molecule has 2 heterocycles. The van der Waals surface area contributed by atoms with Gasteiger partial charge >= 0.3 is 0 Å². The van der Waals surface area contributed by atoms with Crippen LogP contribution in [-0.4, -0.2) is 45.7 Å². The second-order valence-electron chi connectivity index (χ2n) is 9.31. The summed E-state index contributed by atoms with van der Waals surface area (Å²) >= 11 is 0. The Labute approximate surface area is 196 Å². The molecular weight excluding hydrogens is 433 g/mol. The van der Waals surface area contributed by atoms with E-state index in [0.29, 0.717) is 31.3 Å². The predicted molar refractivity (Wildman–Crippen MR) is 126 cm³/mol. The summed E-state index contributed by atoms with van der Waals surface area (Å²) in [6.45, 7) is 0.943. The van der Waals surface area contributed by atoms with E-state index < -0.39 is 11.4 Å². The molecule has 1 saturated heterocycles. The first kappa shape index (κ1) is 22.2. The molecule has 2 aliphatic rings. The molecule has 1 aromatic heterocycles. The number of H-pyrrole nitrogens is 1. The minimum atomic E-state index is -0.540. The number of carbonyl (C=O) groups excluding carboxylic acids is 1. The molecule has 34 heavy (non-hydrogen) atoms. The molecule has 2 fully saturated rings. The van der Waals surface area contributed by atoms with Crippen LogP contribution in [0.4, 0.5) is 4.39 Å². The number of rotatable bonds is 6. The molecule has 5 rings (SSSR count). The van der Waals surface area contributed by atoms with Crippen molar-refractivity contribution in [3.63, 3.8) is 0 Å². The normalized spacial score (nSPS) is 17.5. The average Bonchev–Trinajstić information content (AvgIpc) is 3.30. The Balaban J connectivity index is 1.25. The van der Waals surface area contributed by atoms with Crippen LogP contribution in [0.3, 0.4) is 0 Å². The third-order valence-electron chi connectivity index (χ3n) is 7.01. The van der Waals surface area contributed by atoms with Gasteiger partial charge in [0.2, 0.25) is 0 Å². The highest BCUT2D eigenvalue weighted by Gasteiger charge is 2.40. The first-order valence-electron chi connectivity index (χ1n) is 11.7. The highest BCUT2D eigenvalue weighted by atomic mass is 19.1. The molecule has 3 aromatic rings. The van der Waals surface area contributed by atoms with Crippen molar-refractivity contribution in [2.24, 2.45) is 0 Å². The van der Waals surface area contributed by atoms with E-state index in [-0.39, 0.29) is 23.1 Å². The lowest BCUT2D eigenvalue weighted by Gasteiger charge is -2.43. The fourth-order valence-electron chi connectivity index (χ4n) is 5.08. The molecule has 1 aliphatic heterocycles. The van der Waals surface area contributed by atoms with Crippen LogP contribution >= 0.6 is 0 Å². The van der Waals surface area contributed by atoms with Gasteiger partial charge in [-0.1, -0.05) is 37.1 Å². The largest absolute Gasteiger partial charge is 0.335 e. The van der Waals surface area contributed by atoms with Crippen molar-refractivity contribution in [2.45, 2.75) is 50.1 Å². The van der Waals surface area contributed by atoms with E-state index in [9.17, 15) is 19.2 Å². The van der Waals surface area contributed by atoms with Crippen LogP contribution in [0, 0.1) is 17.1 Å². The monoisotopic (exact) mass is 459 g/mol. The molecule has 2 N–H and O–H groups in total. The van der Waals surface area contributed by atoms with Gasteiger partial charge in [0.15, 0.2) is 0 Å². The van der Waals surface area contributed by atoms with Gasteiger partial charge in [-0.05, 0) is 49.4 Å². The number of fused-ring (bicyclic) bond motifs is 1. The number of aryl methyl sites for hydroxylation is 2. The molecule has 174 valence electrons. The summed E-state index contributed by atoms with van der Waals surface area (Å²) in [4.78, 5) is 26.6. The zero-order valence-electron chi connectivity index (χ0n) is 18.8. The number of halogens is 1. The van der Waals surface area contributed by atoms with Gasteiger partial charge in [-0.25, -0.2) is 9.49 Å². The highest BCUT2D eigenvalue weighted by Crippen LogP contribution is 2.30. The van der Waals surface area contributed by atoms with Gasteiger partial charge in [0.05, 0.1) is 22.7 Å². The Hall–Kier alpha value is -3.57. The summed E-state index contributed by atoms with van der Waals surface area (Å²) < 4.78 is 14.5. The Morgan fingerprint density at radius 1 is 1.18 bits per heavy atom. The fourth-order valence-corrected chi connectivity index (χ4v) is 5.08. The van der Waals surface area contributed by atoms with Crippen molar-refractivity contribution in [1.29, 1.82) is 5.26 Å². The van der Waals surface area contributed by atoms with Crippen LogP contribution < -0.4 is 10.9 Å². The summed E-state index contributed by atoms with van der Waals surface area (Å²) in [5, 5.41) is 21.1.